The molecule has 0 atom stereocenters. The molecule has 2 aromatic carbocycles. The molecule has 0 radical (unpaired) electrons. The monoisotopic (exact) mass is 266 g/mol. The van der Waals surface area contributed by atoms with Crippen LogP contribution >= 0.6 is 0 Å². The fraction of sp³-hybridized carbons (Fsp3) is 0.200. The Morgan fingerprint density at radius 2 is 1.68 bits per heavy atom. The molecule has 0 spiro atoms. The van der Waals surface area contributed by atoms with Crippen molar-refractivity contribution in [3.8, 4) is 5.75 Å². The molecule has 2 rings (SSSR count). The van der Waals surface area contributed by atoms with Crippen LogP contribution in [0, 0.1) is 6.92 Å². The van der Waals surface area contributed by atoms with Gasteiger partial charge >= 0.3 is 6.18 Å². The van der Waals surface area contributed by atoms with Crippen molar-refractivity contribution >= 4 is 0 Å². The van der Waals surface area contributed by atoms with E-state index in [0.717, 1.165) is 17.7 Å². The third-order valence-corrected chi connectivity index (χ3v) is 2.81. The SMILES string of the molecule is Cc1ccc(C(F)(F)F)cc1COc1ccccc1. The molecule has 19 heavy (non-hydrogen) atoms. The minimum absolute atomic E-state index is 0.125. The summed E-state index contributed by atoms with van der Waals surface area (Å²) in [5.41, 5.74) is 0.673. The number of aryl methyl sites for hydroxylation is 1. The van der Waals surface area contributed by atoms with Crippen LogP contribution in [-0.2, 0) is 12.8 Å². The Balaban J connectivity index is 2.16. The van der Waals surface area contributed by atoms with Crippen molar-refractivity contribution < 1.29 is 17.9 Å². The van der Waals surface area contributed by atoms with E-state index in [4.69, 9.17) is 4.74 Å². The second kappa shape index (κ2) is 5.34. The lowest BCUT2D eigenvalue weighted by Gasteiger charge is -2.12. The highest BCUT2D eigenvalue weighted by molar-refractivity contribution is 5.33. The van der Waals surface area contributed by atoms with Crippen molar-refractivity contribution in [1.29, 1.82) is 0 Å². The Hall–Kier alpha value is -1.97. The predicted molar refractivity (Wildman–Crippen MR) is 67.0 cm³/mol. The van der Waals surface area contributed by atoms with Crippen LogP contribution in [0.2, 0.25) is 0 Å². The fourth-order valence-electron chi connectivity index (χ4n) is 1.68. The highest BCUT2D eigenvalue weighted by Gasteiger charge is 2.30. The summed E-state index contributed by atoms with van der Waals surface area (Å²) in [6.45, 7) is 1.89. The molecule has 1 nitrogen and oxygen atoms in total. The van der Waals surface area contributed by atoms with Crippen LogP contribution in [0.4, 0.5) is 13.2 Å². The summed E-state index contributed by atoms with van der Waals surface area (Å²) in [4.78, 5) is 0. The molecular formula is C15H13F3O. The van der Waals surface area contributed by atoms with E-state index in [0.29, 0.717) is 11.3 Å². The molecule has 0 aliphatic heterocycles. The van der Waals surface area contributed by atoms with Gasteiger partial charge in [-0.05, 0) is 42.3 Å². The Morgan fingerprint density at radius 3 is 2.32 bits per heavy atom. The minimum atomic E-state index is -4.32. The van der Waals surface area contributed by atoms with Gasteiger partial charge in [0.25, 0.3) is 0 Å². The highest BCUT2D eigenvalue weighted by Crippen LogP contribution is 2.30. The Labute approximate surface area is 109 Å². The number of benzene rings is 2. The summed E-state index contributed by atoms with van der Waals surface area (Å²) in [5.74, 6) is 0.638. The maximum atomic E-state index is 12.6. The molecule has 0 unspecified atom stereocenters. The van der Waals surface area contributed by atoms with Crippen LogP contribution in [0.5, 0.6) is 5.75 Å². The number of para-hydroxylation sites is 1. The number of halogens is 3. The lowest BCUT2D eigenvalue weighted by Crippen LogP contribution is -2.07. The zero-order chi connectivity index (χ0) is 13.9. The van der Waals surface area contributed by atoms with Gasteiger partial charge in [-0.1, -0.05) is 24.3 Å². The van der Waals surface area contributed by atoms with Gasteiger partial charge in [0.05, 0.1) is 5.56 Å². The van der Waals surface area contributed by atoms with Gasteiger partial charge in [0.2, 0.25) is 0 Å². The van der Waals surface area contributed by atoms with Crippen molar-refractivity contribution in [2.45, 2.75) is 19.7 Å². The normalized spacial score (nSPS) is 11.4. The van der Waals surface area contributed by atoms with Gasteiger partial charge in [0, 0.05) is 0 Å². The average Bonchev–Trinajstić information content (AvgIpc) is 2.37. The van der Waals surface area contributed by atoms with Gasteiger partial charge in [0.1, 0.15) is 12.4 Å². The molecule has 0 aliphatic carbocycles. The summed E-state index contributed by atoms with van der Waals surface area (Å²) in [6, 6.07) is 12.7. The Morgan fingerprint density at radius 1 is 1.00 bits per heavy atom. The average molecular weight is 266 g/mol. The third-order valence-electron chi connectivity index (χ3n) is 2.81. The molecule has 0 aromatic heterocycles. The predicted octanol–water partition coefficient (Wildman–Crippen LogP) is 4.59. The van der Waals surface area contributed by atoms with Gasteiger partial charge in [-0.15, -0.1) is 0 Å². The summed E-state index contributed by atoms with van der Waals surface area (Å²) >= 11 is 0. The number of hydrogen-bond acceptors (Lipinski definition) is 1. The zero-order valence-electron chi connectivity index (χ0n) is 10.4. The Kier molecular flexibility index (Phi) is 3.79. The van der Waals surface area contributed by atoms with Crippen LogP contribution < -0.4 is 4.74 Å². The van der Waals surface area contributed by atoms with Crippen molar-refractivity contribution in [2.75, 3.05) is 0 Å². The van der Waals surface area contributed by atoms with Crippen LogP contribution in [0.3, 0.4) is 0 Å². The lowest BCUT2D eigenvalue weighted by atomic mass is 10.1. The summed E-state index contributed by atoms with van der Waals surface area (Å²) in [6.07, 6.45) is -4.32. The van der Waals surface area contributed by atoms with Gasteiger partial charge in [-0.2, -0.15) is 13.2 Å². The molecular weight excluding hydrogens is 253 g/mol. The molecule has 0 amide bonds. The summed E-state index contributed by atoms with van der Waals surface area (Å²) in [7, 11) is 0. The maximum Gasteiger partial charge on any atom is 0.416 e. The number of rotatable bonds is 3. The van der Waals surface area contributed by atoms with E-state index in [1.807, 2.05) is 18.2 Å². The first-order chi connectivity index (χ1) is 8.97. The van der Waals surface area contributed by atoms with E-state index in [1.54, 1.807) is 19.1 Å². The van der Waals surface area contributed by atoms with E-state index in [2.05, 4.69) is 0 Å². The van der Waals surface area contributed by atoms with Gasteiger partial charge in [-0.25, -0.2) is 0 Å². The molecule has 2 aromatic rings. The molecule has 100 valence electrons. The maximum absolute atomic E-state index is 12.6. The second-order valence-corrected chi connectivity index (χ2v) is 4.24. The zero-order valence-corrected chi connectivity index (χ0v) is 10.4. The fourth-order valence-corrected chi connectivity index (χ4v) is 1.68. The molecule has 0 fully saturated rings. The molecule has 0 N–H and O–H groups in total. The van der Waals surface area contributed by atoms with Crippen molar-refractivity contribution in [3.05, 3.63) is 65.2 Å². The largest absolute Gasteiger partial charge is 0.489 e. The first-order valence-corrected chi connectivity index (χ1v) is 5.81. The third kappa shape index (κ3) is 3.50. The molecule has 0 aliphatic rings. The van der Waals surface area contributed by atoms with Crippen LogP contribution in [0.1, 0.15) is 16.7 Å². The lowest BCUT2D eigenvalue weighted by molar-refractivity contribution is -0.137. The van der Waals surface area contributed by atoms with Crippen LogP contribution in [0.15, 0.2) is 48.5 Å². The van der Waals surface area contributed by atoms with Gasteiger partial charge in [-0.3, -0.25) is 0 Å². The molecule has 0 bridgehead atoms. The molecule has 4 heteroatoms. The van der Waals surface area contributed by atoms with Crippen LogP contribution in [0.25, 0.3) is 0 Å². The van der Waals surface area contributed by atoms with E-state index in [-0.39, 0.29) is 6.61 Å². The Bertz CT molecular complexity index is 547. The summed E-state index contributed by atoms with van der Waals surface area (Å²) < 4.78 is 43.3. The van der Waals surface area contributed by atoms with Crippen LogP contribution in [-0.4, -0.2) is 0 Å². The van der Waals surface area contributed by atoms with E-state index >= 15 is 0 Å². The number of ether oxygens (including phenoxy) is 1. The topological polar surface area (TPSA) is 9.23 Å². The second-order valence-electron chi connectivity index (χ2n) is 4.24. The number of alkyl halides is 3. The minimum Gasteiger partial charge on any atom is -0.489 e. The van der Waals surface area contributed by atoms with Crippen molar-refractivity contribution in [2.24, 2.45) is 0 Å². The van der Waals surface area contributed by atoms with E-state index in [9.17, 15) is 13.2 Å². The first-order valence-electron chi connectivity index (χ1n) is 5.81. The molecule has 0 heterocycles. The standard InChI is InChI=1S/C15H13F3O/c1-11-7-8-13(15(16,17)18)9-12(11)10-19-14-5-3-2-4-6-14/h2-9H,10H2,1H3. The first kappa shape index (κ1) is 13.5. The van der Waals surface area contributed by atoms with E-state index < -0.39 is 11.7 Å². The van der Waals surface area contributed by atoms with Crippen molar-refractivity contribution in [3.63, 3.8) is 0 Å². The van der Waals surface area contributed by atoms with Gasteiger partial charge < -0.3 is 4.74 Å². The molecule has 0 saturated carbocycles. The molecule has 0 saturated heterocycles. The summed E-state index contributed by atoms with van der Waals surface area (Å²) in [5, 5.41) is 0. The van der Waals surface area contributed by atoms with Gasteiger partial charge in [0.15, 0.2) is 0 Å². The smallest absolute Gasteiger partial charge is 0.416 e. The van der Waals surface area contributed by atoms with Crippen molar-refractivity contribution in [1.82, 2.24) is 0 Å². The number of hydrogen-bond donors (Lipinski definition) is 0. The highest BCUT2D eigenvalue weighted by atomic mass is 19.4. The quantitative estimate of drug-likeness (QED) is 0.789. The van der Waals surface area contributed by atoms with E-state index in [1.165, 1.54) is 6.07 Å².